The van der Waals surface area contributed by atoms with Crippen LogP contribution in [-0.2, 0) is 44.0 Å². The molecule has 13 nitrogen and oxygen atoms in total. The van der Waals surface area contributed by atoms with E-state index in [0.29, 0.717) is 25.0 Å². The molecule has 14 heteroatoms. The number of nitrogen functional groups attached to an aromatic ring is 1. The zero-order chi connectivity index (χ0) is 26.9. The topological polar surface area (TPSA) is 170 Å². The summed E-state index contributed by atoms with van der Waals surface area (Å²) in [6.07, 6.45) is 0.981. The number of fused-ring (bicyclic) bond motifs is 1. The summed E-state index contributed by atoms with van der Waals surface area (Å²) in [6.45, 7) is 11.1. The van der Waals surface area contributed by atoms with Crippen LogP contribution in [0.3, 0.4) is 0 Å². The van der Waals surface area contributed by atoms with Gasteiger partial charge in [0.2, 0.25) is 19.5 Å². The molecule has 1 aliphatic carbocycles. The number of hydrogen-bond acceptors (Lipinski definition) is 11. The quantitative estimate of drug-likeness (QED) is 0.248. The summed E-state index contributed by atoms with van der Waals surface area (Å²) in [7, 11) is -3.97. The molecular weight excluding hydrogens is 493 g/mol. The van der Waals surface area contributed by atoms with Crippen molar-refractivity contribution >= 4 is 36.6 Å². The van der Waals surface area contributed by atoms with E-state index in [0.717, 1.165) is 11.2 Å². The first kappa shape index (κ1) is 28.1. The first-order valence-electron chi connectivity index (χ1n) is 11.6. The second kappa shape index (κ2) is 10.1. The molecule has 2 aromatic heterocycles. The minimum absolute atomic E-state index is 0.171. The first-order chi connectivity index (χ1) is 16.5. The average Bonchev–Trinajstić information content (AvgIpc) is 3.51. The first-order valence-corrected chi connectivity index (χ1v) is 13.3. The third kappa shape index (κ3) is 7.06. The predicted molar refractivity (Wildman–Crippen MR) is 130 cm³/mol. The van der Waals surface area contributed by atoms with Gasteiger partial charge in [0.15, 0.2) is 5.65 Å². The number of esters is 2. The molecule has 2 aromatic rings. The van der Waals surface area contributed by atoms with E-state index in [1.807, 2.05) is 6.92 Å². The van der Waals surface area contributed by atoms with Crippen LogP contribution in [0.2, 0.25) is 0 Å². The fraction of sp³-hybridized carbons (Fsp3) is 0.727. The van der Waals surface area contributed by atoms with E-state index < -0.39 is 55.9 Å². The van der Waals surface area contributed by atoms with Gasteiger partial charge in [0, 0.05) is 0 Å². The van der Waals surface area contributed by atoms with Crippen LogP contribution in [0.4, 0.5) is 5.95 Å². The molecule has 0 radical (unpaired) electrons. The Morgan fingerprint density at radius 3 is 2.03 bits per heavy atom. The number of nitrogens with zero attached hydrogens (tertiary/aromatic N) is 3. The van der Waals surface area contributed by atoms with Gasteiger partial charge < -0.3 is 19.9 Å². The minimum atomic E-state index is -3.97. The summed E-state index contributed by atoms with van der Waals surface area (Å²) in [4.78, 5) is 32.4. The molecule has 36 heavy (non-hydrogen) atoms. The van der Waals surface area contributed by atoms with Crippen LogP contribution in [0.5, 0.6) is 0 Å². The number of nitrogens with one attached hydrogen (secondary N) is 1. The molecule has 2 heterocycles. The molecular formula is C22H36N5O8P. The lowest BCUT2D eigenvalue weighted by atomic mass is 9.98. The van der Waals surface area contributed by atoms with Crippen LogP contribution in [0, 0.1) is 17.8 Å². The molecule has 3 rings (SSSR count). The maximum atomic E-state index is 13.4. The van der Waals surface area contributed by atoms with Crippen LogP contribution in [-0.4, -0.2) is 57.2 Å². The lowest BCUT2D eigenvalue weighted by Crippen LogP contribution is -2.28. The van der Waals surface area contributed by atoms with Crippen molar-refractivity contribution in [1.82, 2.24) is 19.7 Å². The van der Waals surface area contributed by atoms with E-state index >= 15 is 0 Å². The highest BCUT2D eigenvalue weighted by Gasteiger charge is 2.47. The Morgan fingerprint density at radius 1 is 1.03 bits per heavy atom. The highest BCUT2D eigenvalue weighted by molar-refractivity contribution is 7.53. The van der Waals surface area contributed by atoms with Gasteiger partial charge in [0.25, 0.3) is 0 Å². The molecule has 0 aliphatic heterocycles. The number of anilines is 1. The maximum absolute atomic E-state index is 13.4. The van der Waals surface area contributed by atoms with Gasteiger partial charge in [0.1, 0.15) is 11.9 Å². The fourth-order valence-corrected chi connectivity index (χ4v) is 4.09. The number of nitrogens with two attached hydrogens (primary N) is 1. The van der Waals surface area contributed by atoms with Crippen LogP contribution in [0.1, 0.15) is 60.1 Å². The predicted octanol–water partition coefficient (Wildman–Crippen LogP) is 3.48. The van der Waals surface area contributed by atoms with Crippen molar-refractivity contribution in [1.29, 1.82) is 0 Å². The third-order valence-electron chi connectivity index (χ3n) is 5.48. The number of aromatic nitrogens is 4. The Hall–Kier alpha value is -2.47. The van der Waals surface area contributed by atoms with E-state index in [2.05, 4.69) is 15.1 Å². The van der Waals surface area contributed by atoms with E-state index in [-0.39, 0.29) is 5.95 Å². The zero-order valence-electron chi connectivity index (χ0n) is 21.9. The highest BCUT2D eigenvalue weighted by Crippen LogP contribution is 2.52. The van der Waals surface area contributed by atoms with Crippen molar-refractivity contribution < 1.29 is 37.4 Å². The Bertz CT molecular complexity index is 1120. The monoisotopic (exact) mass is 529 g/mol. The zero-order valence-corrected chi connectivity index (χ0v) is 22.8. The molecule has 0 spiro atoms. The smallest absolute Gasteiger partial charge is 0.361 e. The second-order valence-corrected chi connectivity index (χ2v) is 13.0. The van der Waals surface area contributed by atoms with Gasteiger partial charge in [-0.25, -0.2) is 4.98 Å². The molecule has 0 bridgehead atoms. The van der Waals surface area contributed by atoms with Crippen molar-refractivity contribution in [2.45, 2.75) is 73.5 Å². The molecule has 1 saturated carbocycles. The number of carbonyl (C=O) groups excluding carboxylic acids is 2. The molecule has 0 unspecified atom stereocenters. The largest absolute Gasteiger partial charge is 0.438 e. The van der Waals surface area contributed by atoms with Gasteiger partial charge in [-0.05, 0) is 61.3 Å². The van der Waals surface area contributed by atoms with E-state index in [4.69, 9.17) is 29.0 Å². The van der Waals surface area contributed by atoms with Crippen molar-refractivity contribution in [3.63, 3.8) is 0 Å². The number of ether oxygens (including phenoxy) is 3. The number of hydrogen-bond donors (Lipinski definition) is 2. The van der Waals surface area contributed by atoms with Gasteiger partial charge in [0.05, 0.1) is 28.7 Å². The Kier molecular flexibility index (Phi) is 7.90. The van der Waals surface area contributed by atoms with Crippen molar-refractivity contribution in [3.8, 4) is 0 Å². The molecule has 0 atom stereocenters. The number of rotatable bonds is 11. The third-order valence-corrected chi connectivity index (χ3v) is 6.92. The summed E-state index contributed by atoms with van der Waals surface area (Å²) in [5, 5.41) is 3.16. The molecule has 3 N–H and O–H groups in total. The molecule has 0 aromatic carbocycles. The summed E-state index contributed by atoms with van der Waals surface area (Å²) in [5.74, 6) is -0.900. The molecule has 0 amide bonds. The Balaban J connectivity index is 1.63. The van der Waals surface area contributed by atoms with Gasteiger partial charge in [-0.3, -0.25) is 33.0 Å². The normalized spacial score (nSPS) is 15.8. The number of H-pyrrole nitrogens is 1. The van der Waals surface area contributed by atoms with E-state index in [1.54, 1.807) is 46.2 Å². The van der Waals surface area contributed by atoms with Gasteiger partial charge in [-0.1, -0.05) is 0 Å². The SMILES string of the molecule is Cc1nc(N)nc2c1[nH]n2CC1(OCP(=O)(OCOC(=O)C(C)(C)C)OCOC(=O)C(C)(C)C)CC1. The standard InChI is InChI=1S/C22H36N5O8P/c1-14-15-16(25-19(23)24-14)27(26-15)10-22(8-9-22)33-13-36(30,34-11-31-17(28)20(2,3)4)35-12-32-18(29)21(5,6)7/h26H,8-13H2,1-7H3,(H2,23,24,25). The Morgan fingerprint density at radius 2 is 1.56 bits per heavy atom. The lowest BCUT2D eigenvalue weighted by Gasteiger charge is -2.25. The van der Waals surface area contributed by atoms with Gasteiger partial charge in [-0.15, -0.1) is 0 Å². The molecule has 1 fully saturated rings. The van der Waals surface area contributed by atoms with Crippen LogP contribution in [0.25, 0.3) is 11.2 Å². The van der Waals surface area contributed by atoms with Crippen LogP contribution >= 0.6 is 7.60 Å². The molecule has 1 aliphatic rings. The Labute approximate surface area is 209 Å². The summed E-state index contributed by atoms with van der Waals surface area (Å²) in [6, 6.07) is 0. The van der Waals surface area contributed by atoms with Crippen molar-refractivity contribution in [2.75, 3.05) is 25.7 Å². The van der Waals surface area contributed by atoms with Crippen LogP contribution < -0.4 is 5.73 Å². The molecule has 202 valence electrons. The van der Waals surface area contributed by atoms with E-state index in [9.17, 15) is 14.2 Å². The number of carbonyl (C=O) groups is 2. The van der Waals surface area contributed by atoms with Gasteiger partial charge in [-0.2, -0.15) is 4.98 Å². The molecule has 0 saturated heterocycles. The van der Waals surface area contributed by atoms with Crippen molar-refractivity contribution in [3.05, 3.63) is 5.69 Å². The van der Waals surface area contributed by atoms with Crippen molar-refractivity contribution in [2.24, 2.45) is 10.8 Å². The van der Waals surface area contributed by atoms with E-state index in [1.165, 1.54) is 0 Å². The second-order valence-electron chi connectivity index (χ2n) is 11.0. The van der Waals surface area contributed by atoms with Crippen LogP contribution in [0.15, 0.2) is 0 Å². The fourth-order valence-electron chi connectivity index (χ4n) is 3.01. The summed E-state index contributed by atoms with van der Waals surface area (Å²) >= 11 is 0. The number of aryl methyl sites for hydroxylation is 1. The van der Waals surface area contributed by atoms with Gasteiger partial charge >= 0.3 is 19.5 Å². The minimum Gasteiger partial charge on any atom is -0.438 e. The number of aromatic amines is 1. The summed E-state index contributed by atoms with van der Waals surface area (Å²) < 4.78 is 41.9. The highest BCUT2D eigenvalue weighted by atomic mass is 31.2. The lowest BCUT2D eigenvalue weighted by molar-refractivity contribution is -0.162. The maximum Gasteiger partial charge on any atom is 0.361 e. The summed E-state index contributed by atoms with van der Waals surface area (Å²) in [5.41, 5.74) is 5.79. The average molecular weight is 530 g/mol.